The topological polar surface area (TPSA) is 37.3 Å². The lowest BCUT2D eigenvalue weighted by Gasteiger charge is -2.36. The summed E-state index contributed by atoms with van der Waals surface area (Å²) in [6, 6.07) is 14.9. The van der Waals surface area contributed by atoms with Crippen molar-refractivity contribution in [2.45, 2.75) is 32.3 Å². The molecule has 0 fully saturated rings. The Morgan fingerprint density at radius 3 is 1.90 bits per heavy atom. The number of hydrogen-bond donors (Lipinski definition) is 1. The zero-order valence-corrected chi connectivity index (χ0v) is 12.5. The summed E-state index contributed by atoms with van der Waals surface area (Å²) in [4.78, 5) is 12.6. The monoisotopic (exact) mass is 280 g/mol. The van der Waals surface area contributed by atoms with E-state index in [1.165, 1.54) is 0 Å². The summed E-state index contributed by atoms with van der Waals surface area (Å²) in [5.74, 6) is 0.515. The zero-order valence-electron chi connectivity index (χ0n) is 12.5. The molecule has 3 rings (SSSR count). The normalized spacial score (nSPS) is 15.7. The van der Waals surface area contributed by atoms with Crippen molar-refractivity contribution >= 4 is 5.78 Å². The molecular weight excluding hydrogens is 260 g/mol. The maximum Gasteiger partial charge on any atom is 0.193 e. The average Bonchev–Trinajstić information content (AvgIpc) is 2.51. The van der Waals surface area contributed by atoms with Crippen LogP contribution in [0.15, 0.2) is 48.5 Å². The van der Waals surface area contributed by atoms with Gasteiger partial charge in [-0.3, -0.25) is 4.79 Å². The number of carbonyl (C=O) groups is 1. The van der Waals surface area contributed by atoms with Crippen molar-refractivity contribution in [3.8, 4) is 0 Å². The van der Waals surface area contributed by atoms with Crippen LogP contribution in [0, 0.1) is 5.92 Å². The van der Waals surface area contributed by atoms with E-state index in [0.717, 1.165) is 17.5 Å². The lowest BCUT2D eigenvalue weighted by Crippen LogP contribution is -2.35. The summed E-state index contributed by atoms with van der Waals surface area (Å²) in [5, 5.41) is 11.4. The molecule has 108 valence electrons. The van der Waals surface area contributed by atoms with E-state index in [0.29, 0.717) is 23.5 Å². The summed E-state index contributed by atoms with van der Waals surface area (Å²) in [6.45, 7) is 4.30. The zero-order chi connectivity index (χ0) is 15.0. The van der Waals surface area contributed by atoms with E-state index < -0.39 is 5.60 Å². The molecule has 1 N–H and O–H groups in total. The van der Waals surface area contributed by atoms with Crippen LogP contribution in [-0.4, -0.2) is 10.9 Å². The van der Waals surface area contributed by atoms with Gasteiger partial charge in [0, 0.05) is 11.1 Å². The third-order valence-corrected chi connectivity index (χ3v) is 4.32. The van der Waals surface area contributed by atoms with Crippen LogP contribution in [0.2, 0.25) is 0 Å². The van der Waals surface area contributed by atoms with Crippen LogP contribution >= 0.6 is 0 Å². The van der Waals surface area contributed by atoms with Crippen LogP contribution in [0.1, 0.15) is 53.7 Å². The Morgan fingerprint density at radius 1 is 0.952 bits per heavy atom. The van der Waals surface area contributed by atoms with Gasteiger partial charge in [0.1, 0.15) is 5.60 Å². The maximum absolute atomic E-state index is 12.6. The first-order valence-electron chi connectivity index (χ1n) is 7.50. The molecule has 0 saturated carbocycles. The third kappa shape index (κ3) is 2.20. The first-order valence-corrected chi connectivity index (χ1v) is 7.50. The largest absolute Gasteiger partial charge is 0.380 e. The molecule has 0 spiro atoms. The van der Waals surface area contributed by atoms with Gasteiger partial charge in [-0.15, -0.1) is 0 Å². The number of ketones is 1. The predicted octanol–water partition coefficient (Wildman–Crippen LogP) is 3.90. The van der Waals surface area contributed by atoms with Crippen LogP contribution in [0.3, 0.4) is 0 Å². The molecule has 0 heterocycles. The minimum atomic E-state index is -1.06. The van der Waals surface area contributed by atoms with Gasteiger partial charge >= 0.3 is 0 Å². The summed E-state index contributed by atoms with van der Waals surface area (Å²) in [5.41, 5.74) is 1.68. The summed E-state index contributed by atoms with van der Waals surface area (Å²) >= 11 is 0. The van der Waals surface area contributed by atoms with Gasteiger partial charge in [0.2, 0.25) is 0 Å². The van der Waals surface area contributed by atoms with Crippen LogP contribution in [0.25, 0.3) is 0 Å². The van der Waals surface area contributed by atoms with Crippen molar-refractivity contribution in [3.63, 3.8) is 0 Å². The van der Waals surface area contributed by atoms with E-state index in [-0.39, 0.29) is 5.78 Å². The highest BCUT2D eigenvalue weighted by atomic mass is 16.3. The van der Waals surface area contributed by atoms with Crippen LogP contribution in [-0.2, 0) is 5.60 Å². The Labute approximate surface area is 125 Å². The van der Waals surface area contributed by atoms with Gasteiger partial charge in [-0.1, -0.05) is 62.4 Å². The van der Waals surface area contributed by atoms with Gasteiger partial charge < -0.3 is 5.11 Å². The van der Waals surface area contributed by atoms with Gasteiger partial charge in [0.15, 0.2) is 5.78 Å². The van der Waals surface area contributed by atoms with Crippen LogP contribution in [0.5, 0.6) is 0 Å². The molecule has 0 atom stereocenters. The number of carbonyl (C=O) groups excluding carboxylic acids is 1. The first kappa shape index (κ1) is 14.0. The smallest absolute Gasteiger partial charge is 0.193 e. The Balaban J connectivity index is 2.20. The van der Waals surface area contributed by atoms with Gasteiger partial charge in [-0.05, 0) is 29.9 Å². The summed E-state index contributed by atoms with van der Waals surface area (Å²) in [6.07, 6.45) is 1.54. The number of rotatable bonds is 3. The van der Waals surface area contributed by atoms with Gasteiger partial charge in [-0.25, -0.2) is 0 Å². The second kappa shape index (κ2) is 5.12. The molecule has 0 unspecified atom stereocenters. The minimum absolute atomic E-state index is 0.00965. The first-order chi connectivity index (χ1) is 10.0. The Kier molecular flexibility index (Phi) is 3.42. The number of fused-ring (bicyclic) bond motifs is 2. The van der Waals surface area contributed by atoms with Crippen LogP contribution < -0.4 is 0 Å². The van der Waals surface area contributed by atoms with E-state index in [4.69, 9.17) is 0 Å². The molecule has 2 heteroatoms. The number of aliphatic hydroxyl groups is 1. The highest BCUT2D eigenvalue weighted by Crippen LogP contribution is 2.43. The van der Waals surface area contributed by atoms with Crippen molar-refractivity contribution in [1.29, 1.82) is 0 Å². The number of benzene rings is 2. The van der Waals surface area contributed by atoms with E-state index >= 15 is 0 Å². The van der Waals surface area contributed by atoms with E-state index in [9.17, 15) is 9.90 Å². The second-order valence-corrected chi connectivity index (χ2v) is 6.21. The van der Waals surface area contributed by atoms with E-state index in [1.54, 1.807) is 0 Å². The molecule has 0 amide bonds. The molecule has 0 bridgehead atoms. The molecule has 2 aromatic carbocycles. The van der Waals surface area contributed by atoms with Gasteiger partial charge in [0.05, 0.1) is 0 Å². The molecule has 1 aliphatic rings. The van der Waals surface area contributed by atoms with Gasteiger partial charge in [-0.2, -0.15) is 0 Å². The highest BCUT2D eigenvalue weighted by Gasteiger charge is 2.41. The molecule has 0 saturated heterocycles. The van der Waals surface area contributed by atoms with Crippen molar-refractivity contribution in [2.24, 2.45) is 5.92 Å². The highest BCUT2D eigenvalue weighted by molar-refractivity contribution is 6.13. The molecule has 2 nitrogen and oxygen atoms in total. The Hall–Kier alpha value is -1.93. The molecule has 21 heavy (non-hydrogen) atoms. The summed E-state index contributed by atoms with van der Waals surface area (Å²) < 4.78 is 0. The fourth-order valence-corrected chi connectivity index (χ4v) is 3.14. The SMILES string of the molecule is CC(C)CCC1(O)c2ccccc2C(=O)c2ccccc21. The molecule has 0 radical (unpaired) electrons. The van der Waals surface area contributed by atoms with Crippen LogP contribution in [0.4, 0.5) is 0 Å². The molecular formula is C19H20O2. The molecule has 0 aromatic heterocycles. The van der Waals surface area contributed by atoms with E-state index in [1.807, 2.05) is 48.5 Å². The van der Waals surface area contributed by atoms with Gasteiger partial charge in [0.25, 0.3) is 0 Å². The molecule has 1 aliphatic carbocycles. The molecule has 2 aromatic rings. The van der Waals surface area contributed by atoms with Crippen molar-refractivity contribution < 1.29 is 9.90 Å². The third-order valence-electron chi connectivity index (χ3n) is 4.32. The fraction of sp³-hybridized carbons (Fsp3) is 0.316. The maximum atomic E-state index is 12.6. The Morgan fingerprint density at radius 2 is 1.43 bits per heavy atom. The lowest BCUT2D eigenvalue weighted by atomic mass is 9.71. The second-order valence-electron chi connectivity index (χ2n) is 6.21. The lowest BCUT2D eigenvalue weighted by molar-refractivity contribution is 0.0585. The minimum Gasteiger partial charge on any atom is -0.380 e. The quantitative estimate of drug-likeness (QED) is 0.925. The Bertz CT molecular complexity index is 636. The standard InChI is InChI=1S/C19H20O2/c1-13(2)11-12-19(21)16-9-5-3-7-14(16)18(20)15-8-4-6-10-17(15)19/h3-10,13,21H,11-12H2,1-2H3. The summed E-state index contributed by atoms with van der Waals surface area (Å²) in [7, 11) is 0. The number of hydrogen-bond acceptors (Lipinski definition) is 2. The van der Waals surface area contributed by atoms with Crippen molar-refractivity contribution in [2.75, 3.05) is 0 Å². The fourth-order valence-electron chi connectivity index (χ4n) is 3.14. The van der Waals surface area contributed by atoms with Crippen molar-refractivity contribution in [1.82, 2.24) is 0 Å². The molecule has 0 aliphatic heterocycles. The van der Waals surface area contributed by atoms with Crippen molar-refractivity contribution in [3.05, 3.63) is 70.8 Å². The van der Waals surface area contributed by atoms with E-state index in [2.05, 4.69) is 13.8 Å². The predicted molar refractivity (Wildman–Crippen MR) is 83.4 cm³/mol. The average molecular weight is 280 g/mol.